The fourth-order valence-corrected chi connectivity index (χ4v) is 6.17. The third kappa shape index (κ3) is 6.05. The summed E-state index contributed by atoms with van der Waals surface area (Å²) in [7, 11) is 0. The van der Waals surface area contributed by atoms with Gasteiger partial charge in [-0.25, -0.2) is 14.2 Å². The number of aliphatic carboxylic acids is 1. The van der Waals surface area contributed by atoms with Crippen LogP contribution in [-0.2, 0) is 16.0 Å². The van der Waals surface area contributed by atoms with Gasteiger partial charge in [0.05, 0.1) is 16.0 Å². The summed E-state index contributed by atoms with van der Waals surface area (Å²) in [5, 5.41) is 15.3. The Hall–Kier alpha value is -3.30. The quantitative estimate of drug-likeness (QED) is 0.259. The van der Waals surface area contributed by atoms with Crippen molar-refractivity contribution in [2.24, 2.45) is 5.41 Å². The second-order valence-electron chi connectivity index (χ2n) is 12.4. The van der Waals surface area contributed by atoms with Crippen LogP contribution < -0.4 is 4.90 Å². The number of ether oxygens (including phenoxy) is 1. The van der Waals surface area contributed by atoms with Crippen LogP contribution in [0.15, 0.2) is 42.5 Å². The molecule has 7 nitrogen and oxygen atoms in total. The number of carbonyl (C=O) groups is 1. The predicted molar refractivity (Wildman–Crippen MR) is 157 cm³/mol. The van der Waals surface area contributed by atoms with E-state index in [1.807, 2.05) is 39.8 Å². The second kappa shape index (κ2) is 10.6. The van der Waals surface area contributed by atoms with E-state index in [4.69, 9.17) is 14.8 Å². The SMILES string of the molecule is Cc1nc2cc(-c3ccc(Cc4ccc(F)cc4)s3)nn2c(N2CCC(C)(C)CC2)c1C(OC(C)(C)C)C(=O)O. The molecule has 1 saturated heterocycles. The zero-order valence-electron chi connectivity index (χ0n) is 24.0. The molecule has 0 bridgehead atoms. The molecule has 0 radical (unpaired) electrons. The summed E-state index contributed by atoms with van der Waals surface area (Å²) < 4.78 is 21.3. The standard InChI is InChI=1S/C31H37FN4O3S/c1-19-26(27(29(37)38)39-30(2,3)4)28(35-15-13-31(5,6)14-16-35)36-25(33-19)18-23(34-36)24-12-11-22(40-24)17-20-7-9-21(32)10-8-20/h7-12,18,27H,13-17H2,1-6H3,(H,37,38). The van der Waals surface area contributed by atoms with E-state index in [-0.39, 0.29) is 11.2 Å². The number of halogens is 1. The predicted octanol–water partition coefficient (Wildman–Crippen LogP) is 7.06. The Balaban J connectivity index is 1.59. The Morgan fingerprint density at radius 1 is 1.15 bits per heavy atom. The topological polar surface area (TPSA) is 80.0 Å². The van der Waals surface area contributed by atoms with Crippen LogP contribution in [0, 0.1) is 18.2 Å². The smallest absolute Gasteiger partial charge is 0.337 e. The van der Waals surface area contributed by atoms with Crippen LogP contribution in [0.5, 0.6) is 0 Å². The molecule has 4 heterocycles. The Morgan fingerprint density at radius 2 is 1.82 bits per heavy atom. The maximum Gasteiger partial charge on any atom is 0.337 e. The van der Waals surface area contributed by atoms with Gasteiger partial charge >= 0.3 is 5.97 Å². The third-order valence-corrected chi connectivity index (χ3v) is 8.49. The highest BCUT2D eigenvalue weighted by Crippen LogP contribution is 2.39. The maximum atomic E-state index is 13.3. The fourth-order valence-electron chi connectivity index (χ4n) is 5.17. The molecule has 1 aliphatic heterocycles. The summed E-state index contributed by atoms with van der Waals surface area (Å²) in [6.07, 6.45) is 1.50. The lowest BCUT2D eigenvalue weighted by Crippen LogP contribution is -2.40. The van der Waals surface area contributed by atoms with Crippen molar-refractivity contribution in [2.75, 3.05) is 18.0 Å². The lowest BCUT2D eigenvalue weighted by molar-refractivity contribution is -0.160. The number of rotatable bonds is 7. The third-order valence-electron chi connectivity index (χ3n) is 7.38. The summed E-state index contributed by atoms with van der Waals surface area (Å²) in [6.45, 7) is 13.6. The number of benzene rings is 1. The highest BCUT2D eigenvalue weighted by atomic mass is 32.1. The molecular formula is C31H37FN4O3S. The van der Waals surface area contributed by atoms with E-state index in [2.05, 4.69) is 24.8 Å². The lowest BCUT2D eigenvalue weighted by atomic mass is 9.82. The number of hydrogen-bond donors (Lipinski definition) is 1. The van der Waals surface area contributed by atoms with Crippen LogP contribution >= 0.6 is 11.3 Å². The first kappa shape index (κ1) is 28.2. The molecule has 3 aromatic heterocycles. The van der Waals surface area contributed by atoms with Crippen LogP contribution in [0.25, 0.3) is 16.2 Å². The molecule has 1 unspecified atom stereocenters. The molecule has 1 aromatic carbocycles. The van der Waals surface area contributed by atoms with Gasteiger partial charge in [0, 0.05) is 36.1 Å². The fraction of sp³-hybridized carbons (Fsp3) is 0.452. The van der Waals surface area contributed by atoms with Crippen LogP contribution in [0.2, 0.25) is 0 Å². The highest BCUT2D eigenvalue weighted by molar-refractivity contribution is 7.15. The van der Waals surface area contributed by atoms with Crippen molar-refractivity contribution in [3.63, 3.8) is 0 Å². The minimum Gasteiger partial charge on any atom is -0.479 e. The number of anilines is 1. The normalized spacial score (nSPS) is 16.4. The average molecular weight is 565 g/mol. The number of aromatic nitrogens is 3. The molecule has 0 saturated carbocycles. The van der Waals surface area contributed by atoms with Gasteiger partial charge in [0.2, 0.25) is 0 Å². The average Bonchev–Trinajstić information content (AvgIpc) is 3.50. The molecule has 4 aromatic rings. The second-order valence-corrected chi connectivity index (χ2v) is 13.6. The minimum absolute atomic E-state index is 0.221. The minimum atomic E-state index is -1.18. The van der Waals surface area contributed by atoms with Crippen LogP contribution in [0.4, 0.5) is 10.2 Å². The number of carboxylic acid groups (broad SMARTS) is 1. The summed E-state index contributed by atoms with van der Waals surface area (Å²) in [5.74, 6) is -0.550. The molecule has 9 heteroatoms. The molecule has 0 aliphatic carbocycles. The number of fused-ring (bicyclic) bond motifs is 1. The van der Waals surface area contributed by atoms with E-state index in [0.717, 1.165) is 52.8 Å². The first-order chi connectivity index (χ1) is 18.8. The van der Waals surface area contributed by atoms with Gasteiger partial charge < -0.3 is 14.7 Å². The Bertz CT molecular complexity index is 1520. The van der Waals surface area contributed by atoms with Crippen molar-refractivity contribution in [1.82, 2.24) is 14.6 Å². The van der Waals surface area contributed by atoms with Crippen molar-refractivity contribution in [2.45, 2.75) is 72.5 Å². The molecule has 212 valence electrons. The van der Waals surface area contributed by atoms with Gasteiger partial charge in [-0.2, -0.15) is 9.61 Å². The van der Waals surface area contributed by atoms with Gasteiger partial charge in [0.15, 0.2) is 11.8 Å². The van der Waals surface area contributed by atoms with Crippen molar-refractivity contribution in [1.29, 1.82) is 0 Å². The Labute approximate surface area is 238 Å². The highest BCUT2D eigenvalue weighted by Gasteiger charge is 2.36. The van der Waals surface area contributed by atoms with E-state index in [9.17, 15) is 14.3 Å². The zero-order chi connectivity index (χ0) is 28.8. The molecule has 0 spiro atoms. The summed E-state index contributed by atoms with van der Waals surface area (Å²) in [4.78, 5) is 21.8. The monoisotopic (exact) mass is 564 g/mol. The first-order valence-corrected chi connectivity index (χ1v) is 14.5. The van der Waals surface area contributed by atoms with Gasteiger partial charge in [-0.05, 0) is 75.8 Å². The molecule has 5 rings (SSSR count). The largest absolute Gasteiger partial charge is 0.479 e. The number of nitrogens with zero attached hydrogens (tertiary/aromatic N) is 4. The molecule has 1 aliphatic rings. The summed E-state index contributed by atoms with van der Waals surface area (Å²) in [6, 6.07) is 12.6. The van der Waals surface area contributed by atoms with E-state index in [0.29, 0.717) is 23.3 Å². The molecular weight excluding hydrogens is 527 g/mol. The van der Waals surface area contributed by atoms with Crippen LogP contribution in [0.3, 0.4) is 0 Å². The van der Waals surface area contributed by atoms with Gasteiger partial charge in [-0.15, -0.1) is 11.3 Å². The lowest BCUT2D eigenvalue weighted by Gasteiger charge is -2.39. The molecule has 40 heavy (non-hydrogen) atoms. The number of carboxylic acids is 1. The van der Waals surface area contributed by atoms with E-state index >= 15 is 0 Å². The number of hydrogen-bond acceptors (Lipinski definition) is 6. The zero-order valence-corrected chi connectivity index (χ0v) is 24.8. The van der Waals surface area contributed by atoms with Crippen molar-refractivity contribution in [3.05, 3.63) is 70.0 Å². The van der Waals surface area contributed by atoms with E-state index in [1.165, 1.54) is 12.1 Å². The van der Waals surface area contributed by atoms with Crippen molar-refractivity contribution in [3.8, 4) is 10.6 Å². The number of aryl methyl sites for hydroxylation is 1. The van der Waals surface area contributed by atoms with Gasteiger partial charge in [0.1, 0.15) is 17.3 Å². The van der Waals surface area contributed by atoms with Crippen molar-refractivity contribution >= 4 is 28.8 Å². The van der Waals surface area contributed by atoms with Crippen molar-refractivity contribution < 1.29 is 19.0 Å². The number of piperidine rings is 1. The molecule has 0 amide bonds. The van der Waals surface area contributed by atoms with E-state index in [1.54, 1.807) is 28.0 Å². The molecule has 1 fully saturated rings. The van der Waals surface area contributed by atoms with Crippen LogP contribution in [-0.4, -0.2) is 44.4 Å². The van der Waals surface area contributed by atoms with Gasteiger partial charge in [-0.1, -0.05) is 26.0 Å². The number of thiophene rings is 1. The summed E-state index contributed by atoms with van der Waals surface area (Å²) in [5.41, 5.74) is 3.22. The van der Waals surface area contributed by atoms with Crippen LogP contribution in [0.1, 0.15) is 75.3 Å². The van der Waals surface area contributed by atoms with Gasteiger partial charge in [0.25, 0.3) is 0 Å². The molecule has 1 N–H and O–H groups in total. The maximum absolute atomic E-state index is 13.3. The molecule has 1 atom stereocenters. The summed E-state index contributed by atoms with van der Waals surface area (Å²) >= 11 is 1.64. The Morgan fingerprint density at radius 3 is 2.45 bits per heavy atom. The van der Waals surface area contributed by atoms with Gasteiger partial charge in [-0.3, -0.25) is 0 Å². The Kier molecular flexibility index (Phi) is 7.48. The van der Waals surface area contributed by atoms with E-state index < -0.39 is 17.7 Å². The first-order valence-electron chi connectivity index (χ1n) is 13.7.